The van der Waals surface area contributed by atoms with Gasteiger partial charge in [-0.05, 0) is 0 Å². The minimum absolute atomic E-state index is 0.314. The van der Waals surface area contributed by atoms with E-state index in [-0.39, 0.29) is 12.3 Å². The molecule has 1 amide bonds. The number of amides is 1. The molecule has 0 aliphatic carbocycles. The molecule has 1 rings (SSSR count). The summed E-state index contributed by atoms with van der Waals surface area (Å²) in [4.78, 5) is 12.6. The van der Waals surface area contributed by atoms with Gasteiger partial charge in [0.05, 0.1) is 26.9 Å². The Hall–Kier alpha value is -0.810. The minimum Gasteiger partial charge on any atom is -0.453 e. The van der Waals surface area contributed by atoms with Gasteiger partial charge >= 0.3 is 6.09 Å². The molecule has 1 fully saturated rings. The van der Waals surface area contributed by atoms with E-state index >= 15 is 0 Å². The van der Waals surface area contributed by atoms with Crippen molar-refractivity contribution < 1.29 is 19.0 Å². The molecule has 1 atom stereocenters. The average molecular weight is 175 g/mol. The Labute approximate surface area is 71.2 Å². The topological polar surface area (TPSA) is 48.0 Å². The molecule has 1 heterocycles. The van der Waals surface area contributed by atoms with E-state index in [9.17, 15) is 4.79 Å². The van der Waals surface area contributed by atoms with Crippen LogP contribution in [0.5, 0.6) is 0 Å². The first-order chi connectivity index (χ1) is 5.79. The van der Waals surface area contributed by atoms with Crippen molar-refractivity contribution in [2.45, 2.75) is 6.23 Å². The van der Waals surface area contributed by atoms with Gasteiger partial charge in [-0.3, -0.25) is 4.90 Å². The highest BCUT2D eigenvalue weighted by molar-refractivity contribution is 5.67. The maximum atomic E-state index is 11.1. The molecule has 5 nitrogen and oxygen atoms in total. The fourth-order valence-corrected chi connectivity index (χ4v) is 1.10. The fourth-order valence-electron chi connectivity index (χ4n) is 1.10. The standard InChI is InChI=1S/C7H13NO4/c1-10-6-5-12-4-3-8(6)7(9)11-2/h6H,3-5H2,1-2H3/t6-/m0/s1. The van der Waals surface area contributed by atoms with Gasteiger partial charge in [-0.1, -0.05) is 0 Å². The van der Waals surface area contributed by atoms with Gasteiger partial charge in [0.15, 0.2) is 6.23 Å². The molecule has 1 aliphatic heterocycles. The molecule has 0 saturated carbocycles. The molecule has 0 unspecified atom stereocenters. The van der Waals surface area contributed by atoms with Crippen molar-refractivity contribution in [1.29, 1.82) is 0 Å². The van der Waals surface area contributed by atoms with Gasteiger partial charge < -0.3 is 14.2 Å². The van der Waals surface area contributed by atoms with Crippen LogP contribution in [-0.4, -0.2) is 51.2 Å². The monoisotopic (exact) mass is 175 g/mol. The number of nitrogens with zero attached hydrogens (tertiary/aromatic N) is 1. The minimum atomic E-state index is -0.370. The van der Waals surface area contributed by atoms with E-state index in [1.165, 1.54) is 19.1 Å². The number of ether oxygens (including phenoxy) is 3. The van der Waals surface area contributed by atoms with Crippen LogP contribution in [0.15, 0.2) is 0 Å². The lowest BCUT2D eigenvalue weighted by Gasteiger charge is -2.32. The van der Waals surface area contributed by atoms with Crippen LogP contribution in [0.25, 0.3) is 0 Å². The lowest BCUT2D eigenvalue weighted by molar-refractivity contribution is -0.111. The summed E-state index contributed by atoms with van der Waals surface area (Å²) in [7, 11) is 2.89. The van der Waals surface area contributed by atoms with Gasteiger partial charge in [-0.15, -0.1) is 0 Å². The Morgan fingerprint density at radius 2 is 2.33 bits per heavy atom. The Morgan fingerprint density at radius 1 is 1.58 bits per heavy atom. The summed E-state index contributed by atoms with van der Waals surface area (Å²) in [5.41, 5.74) is 0. The van der Waals surface area contributed by atoms with E-state index in [0.29, 0.717) is 19.8 Å². The molecule has 0 bridgehead atoms. The molecule has 1 saturated heterocycles. The number of hydrogen-bond acceptors (Lipinski definition) is 4. The van der Waals surface area contributed by atoms with Gasteiger partial charge in [-0.2, -0.15) is 0 Å². The van der Waals surface area contributed by atoms with E-state index in [1.54, 1.807) is 0 Å². The van der Waals surface area contributed by atoms with Crippen molar-refractivity contribution in [3.8, 4) is 0 Å². The second-order valence-corrected chi connectivity index (χ2v) is 2.43. The van der Waals surface area contributed by atoms with Gasteiger partial charge in [0.1, 0.15) is 0 Å². The van der Waals surface area contributed by atoms with Crippen molar-refractivity contribution in [2.75, 3.05) is 34.0 Å². The van der Waals surface area contributed by atoms with Gasteiger partial charge in [0, 0.05) is 7.11 Å². The molecule has 1 aliphatic rings. The summed E-state index contributed by atoms with van der Waals surface area (Å²) >= 11 is 0. The van der Waals surface area contributed by atoms with E-state index in [1.807, 2.05) is 0 Å². The molecular weight excluding hydrogens is 162 g/mol. The van der Waals surface area contributed by atoms with Crippen molar-refractivity contribution in [2.24, 2.45) is 0 Å². The van der Waals surface area contributed by atoms with Crippen molar-refractivity contribution in [1.82, 2.24) is 4.90 Å². The van der Waals surface area contributed by atoms with Crippen LogP contribution in [0.2, 0.25) is 0 Å². The van der Waals surface area contributed by atoms with Crippen LogP contribution >= 0.6 is 0 Å². The number of rotatable bonds is 1. The Balaban J connectivity index is 2.52. The first-order valence-corrected chi connectivity index (χ1v) is 3.74. The fraction of sp³-hybridized carbons (Fsp3) is 0.857. The lowest BCUT2D eigenvalue weighted by atomic mass is 10.4. The average Bonchev–Trinajstić information content (AvgIpc) is 2.16. The van der Waals surface area contributed by atoms with Crippen molar-refractivity contribution >= 4 is 6.09 Å². The van der Waals surface area contributed by atoms with Gasteiger partial charge in [0.25, 0.3) is 0 Å². The smallest absolute Gasteiger partial charge is 0.411 e. The summed E-state index contributed by atoms with van der Waals surface area (Å²) in [5, 5.41) is 0. The van der Waals surface area contributed by atoms with Gasteiger partial charge in [0.2, 0.25) is 0 Å². The van der Waals surface area contributed by atoms with Crippen LogP contribution in [0.4, 0.5) is 4.79 Å². The molecule has 0 spiro atoms. The summed E-state index contributed by atoms with van der Waals surface area (Å²) < 4.78 is 14.7. The van der Waals surface area contributed by atoms with E-state index in [4.69, 9.17) is 9.47 Å². The maximum Gasteiger partial charge on any atom is 0.411 e. The molecule has 0 radical (unpaired) electrons. The molecule has 0 aromatic carbocycles. The predicted octanol–water partition coefficient (Wildman–Crippen LogP) is 0.0575. The summed E-state index contributed by atoms with van der Waals surface area (Å²) in [6, 6.07) is 0. The quantitative estimate of drug-likeness (QED) is 0.565. The van der Waals surface area contributed by atoms with Crippen LogP contribution in [0.3, 0.4) is 0 Å². The molecule has 0 aromatic rings. The Kier molecular flexibility index (Phi) is 3.31. The third-order valence-corrected chi connectivity index (χ3v) is 1.77. The van der Waals surface area contributed by atoms with Crippen LogP contribution in [-0.2, 0) is 14.2 Å². The third-order valence-electron chi connectivity index (χ3n) is 1.77. The van der Waals surface area contributed by atoms with Crippen LogP contribution in [0, 0.1) is 0 Å². The second kappa shape index (κ2) is 4.27. The summed E-state index contributed by atoms with van der Waals surface area (Å²) in [6.45, 7) is 1.46. The zero-order chi connectivity index (χ0) is 8.97. The molecule has 0 aromatic heterocycles. The highest BCUT2D eigenvalue weighted by Gasteiger charge is 2.27. The van der Waals surface area contributed by atoms with Crippen LogP contribution in [0.1, 0.15) is 0 Å². The number of carbonyl (C=O) groups is 1. The summed E-state index contributed by atoms with van der Waals surface area (Å²) in [5.74, 6) is 0. The first kappa shape index (κ1) is 9.28. The van der Waals surface area contributed by atoms with E-state index in [2.05, 4.69) is 4.74 Å². The third kappa shape index (κ3) is 1.86. The van der Waals surface area contributed by atoms with E-state index < -0.39 is 0 Å². The SMILES string of the molecule is COC(=O)N1CCOC[C@@H]1OC. The molecule has 5 heteroatoms. The number of hydrogen-bond donors (Lipinski definition) is 0. The normalized spacial score (nSPS) is 23.8. The van der Waals surface area contributed by atoms with Crippen molar-refractivity contribution in [3.05, 3.63) is 0 Å². The zero-order valence-electron chi connectivity index (χ0n) is 7.28. The second-order valence-electron chi connectivity index (χ2n) is 2.43. The molecular formula is C7H13NO4. The first-order valence-electron chi connectivity index (χ1n) is 3.74. The predicted molar refractivity (Wildman–Crippen MR) is 40.7 cm³/mol. The summed E-state index contributed by atoms with van der Waals surface area (Å²) in [6.07, 6.45) is -0.684. The number of carbonyl (C=O) groups excluding carboxylic acids is 1. The van der Waals surface area contributed by atoms with E-state index in [0.717, 1.165) is 0 Å². The molecule has 0 N–H and O–H groups in total. The highest BCUT2D eigenvalue weighted by Crippen LogP contribution is 2.08. The number of methoxy groups -OCH3 is 2. The van der Waals surface area contributed by atoms with Crippen molar-refractivity contribution in [3.63, 3.8) is 0 Å². The molecule has 70 valence electrons. The zero-order valence-corrected chi connectivity index (χ0v) is 7.28. The van der Waals surface area contributed by atoms with Gasteiger partial charge in [-0.25, -0.2) is 4.79 Å². The lowest BCUT2D eigenvalue weighted by Crippen LogP contribution is -2.49. The van der Waals surface area contributed by atoms with Crippen LogP contribution < -0.4 is 0 Å². The largest absolute Gasteiger partial charge is 0.453 e. The maximum absolute atomic E-state index is 11.1. The Morgan fingerprint density at radius 3 is 2.92 bits per heavy atom. The number of morpholine rings is 1. The Bertz CT molecular complexity index is 161. The molecule has 12 heavy (non-hydrogen) atoms. The highest BCUT2D eigenvalue weighted by atomic mass is 16.6.